The van der Waals surface area contributed by atoms with Gasteiger partial charge in [0, 0.05) is 25.7 Å². The van der Waals surface area contributed by atoms with Crippen LogP contribution < -0.4 is 5.32 Å². The molecule has 1 fully saturated rings. The summed E-state index contributed by atoms with van der Waals surface area (Å²) in [6.07, 6.45) is 0. The van der Waals surface area contributed by atoms with Gasteiger partial charge < -0.3 is 5.32 Å². The molecule has 1 unspecified atom stereocenters. The van der Waals surface area contributed by atoms with Gasteiger partial charge in [-0.15, -0.1) is 12.4 Å². The third-order valence-electron chi connectivity index (χ3n) is 2.86. The number of benzene rings is 1. The van der Waals surface area contributed by atoms with Crippen molar-refractivity contribution in [1.29, 1.82) is 0 Å². The summed E-state index contributed by atoms with van der Waals surface area (Å²) in [5.41, 5.74) is 0. The molecular formula is C11H15ClF2N2O2S. The van der Waals surface area contributed by atoms with Crippen molar-refractivity contribution < 1.29 is 17.2 Å². The molecule has 1 heterocycles. The van der Waals surface area contributed by atoms with Gasteiger partial charge in [-0.1, -0.05) is 0 Å². The van der Waals surface area contributed by atoms with Crippen molar-refractivity contribution >= 4 is 22.4 Å². The van der Waals surface area contributed by atoms with E-state index in [9.17, 15) is 17.2 Å². The summed E-state index contributed by atoms with van der Waals surface area (Å²) in [5.74, 6) is -2.21. The Morgan fingerprint density at radius 1 is 1.32 bits per heavy atom. The molecule has 19 heavy (non-hydrogen) atoms. The van der Waals surface area contributed by atoms with Crippen LogP contribution in [0.1, 0.15) is 6.92 Å². The molecule has 1 aromatic carbocycles. The van der Waals surface area contributed by atoms with E-state index in [1.165, 1.54) is 4.31 Å². The molecule has 0 aromatic heterocycles. The van der Waals surface area contributed by atoms with Crippen molar-refractivity contribution in [2.24, 2.45) is 0 Å². The Labute approximate surface area is 117 Å². The van der Waals surface area contributed by atoms with Crippen molar-refractivity contribution in [3.8, 4) is 0 Å². The Morgan fingerprint density at radius 3 is 2.58 bits per heavy atom. The maximum absolute atomic E-state index is 13.1. The van der Waals surface area contributed by atoms with E-state index in [4.69, 9.17) is 0 Å². The van der Waals surface area contributed by atoms with Gasteiger partial charge in [-0.05, 0) is 25.1 Å². The molecular weight excluding hydrogens is 298 g/mol. The van der Waals surface area contributed by atoms with Crippen LogP contribution in [0.15, 0.2) is 23.1 Å². The Hall–Kier alpha value is -0.760. The van der Waals surface area contributed by atoms with Crippen LogP contribution in [0.3, 0.4) is 0 Å². The molecule has 1 aromatic rings. The molecule has 1 atom stereocenters. The van der Waals surface area contributed by atoms with E-state index in [-0.39, 0.29) is 23.3 Å². The van der Waals surface area contributed by atoms with E-state index in [1.807, 2.05) is 6.92 Å². The number of nitrogens with zero attached hydrogens (tertiary/aromatic N) is 1. The zero-order chi connectivity index (χ0) is 13.3. The average Bonchev–Trinajstić information content (AvgIpc) is 2.32. The lowest BCUT2D eigenvalue weighted by molar-refractivity contribution is 0.310. The van der Waals surface area contributed by atoms with Crippen LogP contribution in [-0.2, 0) is 10.0 Å². The Bertz CT molecular complexity index is 554. The van der Waals surface area contributed by atoms with Crippen LogP contribution in [0.25, 0.3) is 0 Å². The molecule has 2 rings (SSSR count). The number of hydrogen-bond acceptors (Lipinski definition) is 3. The molecule has 8 heteroatoms. The smallest absolute Gasteiger partial charge is 0.243 e. The van der Waals surface area contributed by atoms with Crippen molar-refractivity contribution in [2.75, 3.05) is 19.6 Å². The molecule has 0 spiro atoms. The highest BCUT2D eigenvalue weighted by molar-refractivity contribution is 7.89. The van der Waals surface area contributed by atoms with Crippen molar-refractivity contribution in [3.05, 3.63) is 29.8 Å². The van der Waals surface area contributed by atoms with E-state index in [1.54, 1.807) is 0 Å². The minimum Gasteiger partial charge on any atom is -0.312 e. The highest BCUT2D eigenvalue weighted by atomic mass is 35.5. The van der Waals surface area contributed by atoms with Gasteiger partial charge in [-0.2, -0.15) is 4.31 Å². The van der Waals surface area contributed by atoms with Gasteiger partial charge in [-0.3, -0.25) is 0 Å². The molecule has 1 saturated heterocycles. The van der Waals surface area contributed by atoms with Gasteiger partial charge >= 0.3 is 0 Å². The first-order valence-corrected chi connectivity index (χ1v) is 7.04. The quantitative estimate of drug-likeness (QED) is 0.897. The van der Waals surface area contributed by atoms with Gasteiger partial charge in [0.1, 0.15) is 0 Å². The van der Waals surface area contributed by atoms with E-state index < -0.39 is 21.7 Å². The maximum atomic E-state index is 13.1. The van der Waals surface area contributed by atoms with Gasteiger partial charge in [0.05, 0.1) is 4.90 Å². The summed E-state index contributed by atoms with van der Waals surface area (Å²) in [7, 11) is -3.75. The molecule has 0 aliphatic carbocycles. The predicted molar refractivity (Wildman–Crippen MR) is 69.8 cm³/mol. The number of hydrogen-bond donors (Lipinski definition) is 1. The highest BCUT2D eigenvalue weighted by Gasteiger charge is 2.28. The summed E-state index contributed by atoms with van der Waals surface area (Å²) >= 11 is 0. The predicted octanol–water partition coefficient (Wildman–Crippen LogP) is 1.37. The van der Waals surface area contributed by atoms with Gasteiger partial charge in [-0.25, -0.2) is 17.2 Å². The van der Waals surface area contributed by atoms with Crippen molar-refractivity contribution in [3.63, 3.8) is 0 Å². The monoisotopic (exact) mass is 312 g/mol. The van der Waals surface area contributed by atoms with Crippen LogP contribution in [-0.4, -0.2) is 38.4 Å². The fourth-order valence-corrected chi connectivity index (χ4v) is 3.44. The summed E-state index contributed by atoms with van der Waals surface area (Å²) in [6, 6.07) is 2.67. The SMILES string of the molecule is CC1CN(S(=O)(=O)c2ccc(F)c(F)c2)CCN1.Cl. The molecule has 0 saturated carbocycles. The lowest BCUT2D eigenvalue weighted by atomic mass is 10.3. The number of sulfonamides is 1. The molecule has 108 valence electrons. The fraction of sp³-hybridized carbons (Fsp3) is 0.455. The number of nitrogens with one attached hydrogen (secondary N) is 1. The van der Waals surface area contributed by atoms with Crippen LogP contribution in [0.2, 0.25) is 0 Å². The molecule has 4 nitrogen and oxygen atoms in total. The zero-order valence-electron chi connectivity index (χ0n) is 10.3. The standard InChI is InChI=1S/C11H14F2N2O2S.ClH/c1-8-7-15(5-4-14-8)18(16,17)9-2-3-10(12)11(13)6-9;/h2-3,6,8,14H,4-5,7H2,1H3;1H. The van der Waals surface area contributed by atoms with E-state index in [0.717, 1.165) is 18.2 Å². The molecule has 0 bridgehead atoms. The van der Waals surface area contributed by atoms with Crippen LogP contribution in [0, 0.1) is 11.6 Å². The minimum atomic E-state index is -3.75. The molecule has 1 aliphatic rings. The second kappa shape index (κ2) is 6.13. The molecule has 0 radical (unpaired) electrons. The first kappa shape index (κ1) is 16.3. The lowest BCUT2D eigenvalue weighted by Crippen LogP contribution is -2.51. The Balaban J connectivity index is 0.00000180. The molecule has 1 aliphatic heterocycles. The third-order valence-corrected chi connectivity index (χ3v) is 4.72. The van der Waals surface area contributed by atoms with Crippen LogP contribution in [0.5, 0.6) is 0 Å². The summed E-state index contributed by atoms with van der Waals surface area (Å²) in [4.78, 5) is -0.212. The van der Waals surface area contributed by atoms with E-state index >= 15 is 0 Å². The Kier molecular flexibility index (Phi) is 5.26. The minimum absolute atomic E-state index is 0. The Morgan fingerprint density at radius 2 is 2.00 bits per heavy atom. The van der Waals surface area contributed by atoms with Crippen molar-refractivity contribution in [2.45, 2.75) is 17.9 Å². The highest BCUT2D eigenvalue weighted by Crippen LogP contribution is 2.19. The number of halogens is 3. The van der Waals surface area contributed by atoms with E-state index in [0.29, 0.717) is 19.6 Å². The first-order valence-electron chi connectivity index (χ1n) is 5.60. The first-order chi connectivity index (χ1) is 8.41. The van der Waals surface area contributed by atoms with Gasteiger partial charge in [0.25, 0.3) is 0 Å². The van der Waals surface area contributed by atoms with E-state index in [2.05, 4.69) is 5.32 Å². The molecule has 0 amide bonds. The fourth-order valence-electron chi connectivity index (χ4n) is 1.90. The third kappa shape index (κ3) is 3.42. The lowest BCUT2D eigenvalue weighted by Gasteiger charge is -2.30. The summed E-state index contributed by atoms with van der Waals surface area (Å²) in [6.45, 7) is 3.06. The van der Waals surface area contributed by atoms with Gasteiger partial charge in [0.15, 0.2) is 11.6 Å². The van der Waals surface area contributed by atoms with Crippen LogP contribution in [0.4, 0.5) is 8.78 Å². The summed E-state index contributed by atoms with van der Waals surface area (Å²) < 4.78 is 51.6. The number of rotatable bonds is 2. The summed E-state index contributed by atoms with van der Waals surface area (Å²) in [5, 5.41) is 3.12. The second-order valence-electron chi connectivity index (χ2n) is 4.29. The second-order valence-corrected chi connectivity index (χ2v) is 6.23. The van der Waals surface area contributed by atoms with Crippen LogP contribution >= 0.6 is 12.4 Å². The number of piperazine rings is 1. The topological polar surface area (TPSA) is 49.4 Å². The zero-order valence-corrected chi connectivity index (χ0v) is 11.9. The normalized spacial score (nSPS) is 20.9. The molecule has 1 N–H and O–H groups in total. The largest absolute Gasteiger partial charge is 0.312 e. The van der Waals surface area contributed by atoms with Crippen molar-refractivity contribution in [1.82, 2.24) is 9.62 Å². The maximum Gasteiger partial charge on any atom is 0.243 e. The van der Waals surface area contributed by atoms with Gasteiger partial charge in [0.2, 0.25) is 10.0 Å². The average molecular weight is 313 g/mol.